The number of rotatable bonds is 5. The van der Waals surface area contributed by atoms with E-state index >= 15 is 0 Å². The van der Waals surface area contributed by atoms with Crippen molar-refractivity contribution < 1.29 is 23.9 Å². The number of ether oxygens (including phenoxy) is 2. The Morgan fingerprint density at radius 1 is 1.50 bits per heavy atom. The Bertz CT molecular complexity index is 689. The Kier molecular flexibility index (Phi) is 6.09. The van der Waals surface area contributed by atoms with Gasteiger partial charge in [-0.2, -0.15) is 0 Å². The molecule has 0 N–H and O–H groups in total. The van der Waals surface area contributed by atoms with Crippen LogP contribution in [0.4, 0.5) is 4.79 Å². The summed E-state index contributed by atoms with van der Waals surface area (Å²) in [6, 6.07) is 1.42. The molecule has 1 aliphatic rings. The van der Waals surface area contributed by atoms with Gasteiger partial charge in [0.05, 0.1) is 16.4 Å². The van der Waals surface area contributed by atoms with Crippen LogP contribution in [0.2, 0.25) is 8.67 Å². The maximum atomic E-state index is 11.9. The lowest BCUT2D eigenvalue weighted by atomic mass is 10.3. The van der Waals surface area contributed by atoms with Crippen molar-refractivity contribution in [2.75, 3.05) is 27.2 Å². The smallest absolute Gasteiger partial charge is 0.414 e. The second-order valence-electron chi connectivity index (χ2n) is 5.04. The van der Waals surface area contributed by atoms with Crippen LogP contribution in [-0.2, 0) is 14.3 Å². The van der Waals surface area contributed by atoms with Crippen molar-refractivity contribution in [1.82, 2.24) is 9.80 Å². The quantitative estimate of drug-likeness (QED) is 0.568. The summed E-state index contributed by atoms with van der Waals surface area (Å²) in [5.41, 5.74) is 0.171. The fourth-order valence-corrected chi connectivity index (χ4v) is 3.22. The van der Waals surface area contributed by atoms with Crippen LogP contribution in [0.3, 0.4) is 0 Å². The van der Waals surface area contributed by atoms with Gasteiger partial charge >= 0.3 is 12.1 Å². The molecule has 1 aromatic rings. The molecule has 7 nitrogen and oxygen atoms in total. The number of carbonyl (C=O) groups excluding carboxylic acids is 3. The van der Waals surface area contributed by atoms with Gasteiger partial charge in [0.1, 0.15) is 10.9 Å². The molecular weight excluding hydrogens is 379 g/mol. The van der Waals surface area contributed by atoms with Gasteiger partial charge in [0.2, 0.25) is 5.91 Å². The van der Waals surface area contributed by atoms with Gasteiger partial charge < -0.3 is 14.4 Å². The van der Waals surface area contributed by atoms with Gasteiger partial charge in [-0.05, 0) is 6.07 Å². The first-order valence-electron chi connectivity index (χ1n) is 6.76. The van der Waals surface area contributed by atoms with Gasteiger partial charge in [0, 0.05) is 26.4 Å². The van der Waals surface area contributed by atoms with Crippen molar-refractivity contribution in [1.29, 1.82) is 0 Å². The number of hydrogen-bond acceptors (Lipinski definition) is 6. The van der Waals surface area contributed by atoms with Crippen LogP contribution in [-0.4, -0.2) is 61.1 Å². The number of nitrogens with zero attached hydrogens (tertiary/aromatic N) is 2. The first-order chi connectivity index (χ1) is 11.3. The van der Waals surface area contributed by atoms with E-state index in [1.54, 1.807) is 14.1 Å². The summed E-state index contributed by atoms with van der Waals surface area (Å²) in [7, 11) is 3.19. The van der Waals surface area contributed by atoms with Crippen LogP contribution in [0.25, 0.3) is 0 Å². The third-order valence-electron chi connectivity index (χ3n) is 3.02. The third kappa shape index (κ3) is 4.62. The van der Waals surface area contributed by atoms with E-state index in [9.17, 15) is 14.4 Å². The molecule has 1 aliphatic heterocycles. The first-order valence-corrected chi connectivity index (χ1v) is 8.34. The Morgan fingerprint density at radius 2 is 2.21 bits per heavy atom. The summed E-state index contributed by atoms with van der Waals surface area (Å²) >= 11 is 12.7. The molecule has 0 saturated carbocycles. The average Bonchev–Trinajstić information content (AvgIpc) is 3.04. The summed E-state index contributed by atoms with van der Waals surface area (Å²) in [6.07, 6.45) is 1.34. The molecule has 2 heterocycles. The molecule has 130 valence electrons. The average molecular weight is 393 g/mol. The Hall–Kier alpha value is -1.77. The van der Waals surface area contributed by atoms with Gasteiger partial charge in [-0.3, -0.25) is 9.69 Å². The monoisotopic (exact) mass is 392 g/mol. The second kappa shape index (κ2) is 7.87. The van der Waals surface area contributed by atoms with Crippen LogP contribution in [0, 0.1) is 0 Å². The van der Waals surface area contributed by atoms with E-state index in [2.05, 4.69) is 0 Å². The van der Waals surface area contributed by atoms with E-state index < -0.39 is 18.2 Å². The first kappa shape index (κ1) is 18.6. The predicted molar refractivity (Wildman–Crippen MR) is 89.4 cm³/mol. The molecule has 1 atom stereocenters. The van der Waals surface area contributed by atoms with E-state index in [0.717, 1.165) is 11.3 Å². The summed E-state index contributed by atoms with van der Waals surface area (Å²) in [4.78, 5) is 37.7. The topological polar surface area (TPSA) is 76.2 Å². The Morgan fingerprint density at radius 3 is 2.79 bits per heavy atom. The molecule has 0 aliphatic carbocycles. The number of cyclic esters (lactones) is 1. The molecule has 1 aromatic heterocycles. The number of thiophene rings is 1. The van der Waals surface area contributed by atoms with Crippen LogP contribution >= 0.6 is 34.5 Å². The third-order valence-corrected chi connectivity index (χ3v) is 4.50. The van der Waals surface area contributed by atoms with E-state index in [1.165, 1.54) is 28.1 Å². The van der Waals surface area contributed by atoms with Crippen molar-refractivity contribution >= 4 is 52.5 Å². The zero-order chi connectivity index (χ0) is 17.9. The van der Waals surface area contributed by atoms with Gasteiger partial charge in [-0.15, -0.1) is 11.3 Å². The fraction of sp³-hybridized carbons (Fsp3) is 0.357. The highest BCUT2D eigenvalue weighted by Crippen LogP contribution is 2.31. The second-order valence-corrected chi connectivity index (χ2v) is 7.33. The summed E-state index contributed by atoms with van der Waals surface area (Å²) in [5.74, 6) is -0.905. The molecule has 2 amide bonds. The predicted octanol–water partition coefficient (Wildman–Crippen LogP) is 2.63. The zero-order valence-electron chi connectivity index (χ0n) is 12.8. The molecule has 24 heavy (non-hydrogen) atoms. The van der Waals surface area contributed by atoms with Gasteiger partial charge in [-0.1, -0.05) is 23.2 Å². The van der Waals surface area contributed by atoms with Crippen molar-refractivity contribution in [2.45, 2.75) is 6.10 Å². The zero-order valence-corrected chi connectivity index (χ0v) is 15.2. The van der Waals surface area contributed by atoms with Crippen LogP contribution in [0.1, 0.15) is 10.4 Å². The van der Waals surface area contributed by atoms with Gasteiger partial charge in [0.25, 0.3) is 0 Å². The standard InChI is InChI=1S/C14H14Cl2N2O5S/c1-17(2)11(19)3-4-18-6-8(23-14(18)21)7-22-13(20)9-5-10(15)24-12(9)16/h3-5,8H,6-7H2,1-2H3/b4-3+/t8-/m0/s1. The highest BCUT2D eigenvalue weighted by atomic mass is 35.5. The van der Waals surface area contributed by atoms with E-state index in [1.807, 2.05) is 0 Å². The van der Waals surface area contributed by atoms with Gasteiger partial charge in [-0.25, -0.2) is 9.59 Å². The van der Waals surface area contributed by atoms with Crippen LogP contribution in [0.15, 0.2) is 18.3 Å². The lowest BCUT2D eigenvalue weighted by molar-refractivity contribution is -0.123. The number of carbonyl (C=O) groups is 3. The Labute approximate surface area is 152 Å². The highest BCUT2D eigenvalue weighted by Gasteiger charge is 2.31. The molecule has 10 heteroatoms. The van der Waals surface area contributed by atoms with Crippen molar-refractivity contribution in [3.63, 3.8) is 0 Å². The summed E-state index contributed by atoms with van der Waals surface area (Å²) in [5, 5.41) is 0. The maximum absolute atomic E-state index is 11.9. The maximum Gasteiger partial charge on any atom is 0.414 e. The Balaban J connectivity index is 1.87. The molecule has 0 bridgehead atoms. The lowest BCUT2D eigenvalue weighted by Crippen LogP contribution is -2.24. The summed E-state index contributed by atoms with van der Waals surface area (Å²) < 4.78 is 10.8. The number of halogens is 2. The molecule has 0 radical (unpaired) electrons. The van der Waals surface area contributed by atoms with E-state index in [4.69, 9.17) is 32.7 Å². The number of hydrogen-bond donors (Lipinski definition) is 0. The largest absolute Gasteiger partial charge is 0.458 e. The molecular formula is C14H14Cl2N2O5S. The molecule has 0 unspecified atom stereocenters. The number of amides is 2. The normalized spacial score (nSPS) is 17.2. The SMILES string of the molecule is CN(C)C(=O)/C=C/N1C[C@@H](COC(=O)c2cc(Cl)sc2Cl)OC1=O. The molecule has 0 aromatic carbocycles. The molecule has 1 saturated heterocycles. The highest BCUT2D eigenvalue weighted by molar-refractivity contribution is 7.20. The molecule has 2 rings (SSSR count). The van der Waals surface area contributed by atoms with Crippen molar-refractivity contribution in [3.8, 4) is 0 Å². The molecule has 1 fully saturated rings. The minimum Gasteiger partial charge on any atom is -0.458 e. The lowest BCUT2D eigenvalue weighted by Gasteiger charge is -2.09. The van der Waals surface area contributed by atoms with Crippen LogP contribution < -0.4 is 0 Å². The summed E-state index contributed by atoms with van der Waals surface area (Å²) in [6.45, 7) is 0.0434. The van der Waals surface area contributed by atoms with E-state index in [-0.39, 0.29) is 29.0 Å². The minimum absolute atomic E-state index is 0.125. The fourth-order valence-electron chi connectivity index (χ4n) is 1.78. The number of esters is 1. The van der Waals surface area contributed by atoms with E-state index in [0.29, 0.717) is 4.34 Å². The van der Waals surface area contributed by atoms with Gasteiger partial charge in [0.15, 0.2) is 6.10 Å². The van der Waals surface area contributed by atoms with Crippen molar-refractivity contribution in [2.24, 2.45) is 0 Å². The number of likely N-dealkylation sites (N-methyl/N-ethyl adjacent to an activating group) is 1. The van der Waals surface area contributed by atoms with Crippen molar-refractivity contribution in [3.05, 3.63) is 32.6 Å². The minimum atomic E-state index is -0.643. The van der Waals surface area contributed by atoms with Crippen LogP contribution in [0.5, 0.6) is 0 Å². The molecule has 0 spiro atoms.